The Kier molecular flexibility index (Phi) is 7.81. The lowest BCUT2D eigenvalue weighted by atomic mass is 10.2. The molecule has 0 fully saturated rings. The van der Waals surface area contributed by atoms with E-state index in [1.165, 1.54) is 4.90 Å². The molecule has 1 aromatic carbocycles. The average molecular weight is 306 g/mol. The van der Waals surface area contributed by atoms with Crippen molar-refractivity contribution in [1.82, 2.24) is 10.2 Å². The summed E-state index contributed by atoms with van der Waals surface area (Å²) in [6.45, 7) is 3.47. The minimum Gasteiger partial charge on any atom is -0.484 e. The molecule has 0 spiro atoms. The number of carbonyl (C=O) groups is 1. The highest BCUT2D eigenvalue weighted by atomic mass is 16.5. The van der Waals surface area contributed by atoms with Gasteiger partial charge in [0.2, 0.25) is 0 Å². The van der Waals surface area contributed by atoms with Crippen LogP contribution in [0.15, 0.2) is 29.3 Å². The van der Waals surface area contributed by atoms with Crippen LogP contribution in [-0.4, -0.2) is 44.0 Å². The quantitative estimate of drug-likeness (QED) is 0.432. The highest BCUT2D eigenvalue weighted by molar-refractivity contribution is 5.78. The summed E-state index contributed by atoms with van der Waals surface area (Å²) in [7, 11) is 3.40. The van der Waals surface area contributed by atoms with Crippen LogP contribution in [0.1, 0.15) is 25.3 Å². The number of rotatable bonds is 8. The van der Waals surface area contributed by atoms with Gasteiger partial charge in [-0.05, 0) is 24.1 Å². The van der Waals surface area contributed by atoms with Gasteiger partial charge >= 0.3 is 0 Å². The summed E-state index contributed by atoms with van der Waals surface area (Å²) in [5, 5.41) is 3.07. The molecule has 0 aliphatic carbocycles. The number of amides is 1. The van der Waals surface area contributed by atoms with Gasteiger partial charge < -0.3 is 20.7 Å². The predicted octanol–water partition coefficient (Wildman–Crippen LogP) is 1.36. The second-order valence-electron chi connectivity index (χ2n) is 5.21. The summed E-state index contributed by atoms with van der Waals surface area (Å²) in [6, 6.07) is 7.51. The molecule has 1 amide bonds. The lowest BCUT2D eigenvalue weighted by Gasteiger charge is -2.11. The van der Waals surface area contributed by atoms with Crippen LogP contribution < -0.4 is 15.8 Å². The Morgan fingerprint density at radius 1 is 1.41 bits per heavy atom. The van der Waals surface area contributed by atoms with Crippen molar-refractivity contribution in [3.8, 4) is 5.75 Å². The maximum absolute atomic E-state index is 11.5. The number of nitrogens with one attached hydrogen (secondary N) is 1. The third kappa shape index (κ3) is 6.97. The first-order valence-electron chi connectivity index (χ1n) is 7.48. The van der Waals surface area contributed by atoms with Gasteiger partial charge in [-0.3, -0.25) is 4.79 Å². The molecule has 3 N–H and O–H groups in total. The predicted molar refractivity (Wildman–Crippen MR) is 88.9 cm³/mol. The third-order valence-corrected chi connectivity index (χ3v) is 3.03. The summed E-state index contributed by atoms with van der Waals surface area (Å²) in [4.78, 5) is 17.3. The number of ether oxygens (including phenoxy) is 1. The average Bonchev–Trinajstić information content (AvgIpc) is 2.51. The summed E-state index contributed by atoms with van der Waals surface area (Å²) in [5.41, 5.74) is 6.77. The zero-order chi connectivity index (χ0) is 16.4. The van der Waals surface area contributed by atoms with E-state index in [1.54, 1.807) is 14.1 Å². The number of benzene rings is 1. The fraction of sp³-hybridized carbons (Fsp3) is 0.500. The molecule has 0 saturated heterocycles. The zero-order valence-electron chi connectivity index (χ0n) is 13.6. The maximum Gasteiger partial charge on any atom is 0.259 e. The number of aliphatic imine (C=N–C) groups is 1. The van der Waals surface area contributed by atoms with Crippen LogP contribution in [0, 0.1) is 0 Å². The van der Waals surface area contributed by atoms with Crippen LogP contribution in [0.25, 0.3) is 0 Å². The highest BCUT2D eigenvalue weighted by Gasteiger charge is 2.05. The van der Waals surface area contributed by atoms with Crippen LogP contribution in [0.3, 0.4) is 0 Å². The Labute approximate surface area is 132 Å². The number of nitrogens with zero attached hydrogens (tertiary/aromatic N) is 2. The minimum atomic E-state index is -0.0761. The summed E-state index contributed by atoms with van der Waals surface area (Å²) in [5.74, 6) is 1.02. The van der Waals surface area contributed by atoms with Crippen LogP contribution in [-0.2, 0) is 11.3 Å². The van der Waals surface area contributed by atoms with E-state index >= 15 is 0 Å². The zero-order valence-corrected chi connectivity index (χ0v) is 13.6. The molecular formula is C16H26N4O2. The molecule has 0 aliphatic rings. The van der Waals surface area contributed by atoms with E-state index in [4.69, 9.17) is 10.5 Å². The number of guanidine groups is 1. The smallest absolute Gasteiger partial charge is 0.259 e. The van der Waals surface area contributed by atoms with Crippen molar-refractivity contribution in [3.63, 3.8) is 0 Å². The molecule has 122 valence electrons. The van der Waals surface area contributed by atoms with Crippen molar-refractivity contribution in [2.75, 3.05) is 27.2 Å². The maximum atomic E-state index is 11.5. The number of unbranched alkanes of at least 4 members (excludes halogenated alkanes) is 1. The fourth-order valence-electron chi connectivity index (χ4n) is 1.63. The SMILES string of the molecule is CCCCNC(N)=NCc1cccc(OCC(=O)N(C)C)c1. The molecule has 0 heterocycles. The van der Waals surface area contributed by atoms with Crippen LogP contribution >= 0.6 is 0 Å². The van der Waals surface area contributed by atoms with Gasteiger partial charge in [-0.25, -0.2) is 4.99 Å². The monoisotopic (exact) mass is 306 g/mol. The lowest BCUT2D eigenvalue weighted by Crippen LogP contribution is -2.32. The Bertz CT molecular complexity index is 501. The second kappa shape index (κ2) is 9.65. The Morgan fingerprint density at radius 3 is 2.86 bits per heavy atom. The van der Waals surface area contributed by atoms with E-state index in [0.29, 0.717) is 18.3 Å². The number of likely N-dealkylation sites (N-methyl/N-ethyl adjacent to an activating group) is 1. The molecule has 6 nitrogen and oxygen atoms in total. The van der Waals surface area contributed by atoms with Crippen molar-refractivity contribution >= 4 is 11.9 Å². The first kappa shape index (κ1) is 17.8. The highest BCUT2D eigenvalue weighted by Crippen LogP contribution is 2.14. The van der Waals surface area contributed by atoms with Crippen molar-refractivity contribution in [2.45, 2.75) is 26.3 Å². The summed E-state index contributed by atoms with van der Waals surface area (Å²) < 4.78 is 5.47. The molecule has 0 saturated carbocycles. The molecule has 0 radical (unpaired) electrons. The van der Waals surface area contributed by atoms with E-state index in [2.05, 4.69) is 17.2 Å². The normalized spacial score (nSPS) is 11.1. The molecule has 22 heavy (non-hydrogen) atoms. The number of nitrogens with two attached hydrogens (primary N) is 1. The summed E-state index contributed by atoms with van der Waals surface area (Å²) in [6.07, 6.45) is 2.19. The number of hydrogen-bond donors (Lipinski definition) is 2. The molecular weight excluding hydrogens is 280 g/mol. The van der Waals surface area contributed by atoms with Crippen LogP contribution in [0.4, 0.5) is 0 Å². The van der Waals surface area contributed by atoms with Crippen molar-refractivity contribution in [1.29, 1.82) is 0 Å². The van der Waals surface area contributed by atoms with E-state index in [9.17, 15) is 4.79 Å². The Balaban J connectivity index is 2.50. The van der Waals surface area contributed by atoms with Gasteiger partial charge in [0, 0.05) is 20.6 Å². The largest absolute Gasteiger partial charge is 0.484 e. The number of carbonyl (C=O) groups excluding carboxylic acids is 1. The minimum absolute atomic E-state index is 0.0282. The van der Waals surface area contributed by atoms with Gasteiger partial charge in [0.15, 0.2) is 12.6 Å². The van der Waals surface area contributed by atoms with Gasteiger partial charge in [-0.1, -0.05) is 25.5 Å². The Hall–Kier alpha value is -2.24. The van der Waals surface area contributed by atoms with Crippen molar-refractivity contribution in [3.05, 3.63) is 29.8 Å². The van der Waals surface area contributed by atoms with Crippen molar-refractivity contribution in [2.24, 2.45) is 10.7 Å². The molecule has 0 bridgehead atoms. The van der Waals surface area contributed by atoms with E-state index in [-0.39, 0.29) is 12.5 Å². The fourth-order valence-corrected chi connectivity index (χ4v) is 1.63. The summed E-state index contributed by atoms with van der Waals surface area (Å²) >= 11 is 0. The van der Waals surface area contributed by atoms with Gasteiger partial charge in [0.1, 0.15) is 5.75 Å². The molecule has 6 heteroatoms. The molecule has 0 atom stereocenters. The number of hydrogen-bond acceptors (Lipinski definition) is 3. The Morgan fingerprint density at radius 2 is 2.18 bits per heavy atom. The van der Waals surface area contributed by atoms with Crippen LogP contribution in [0.2, 0.25) is 0 Å². The first-order valence-corrected chi connectivity index (χ1v) is 7.48. The van der Waals surface area contributed by atoms with Crippen molar-refractivity contribution < 1.29 is 9.53 Å². The third-order valence-electron chi connectivity index (χ3n) is 3.03. The standard InChI is InChI=1S/C16H26N4O2/c1-4-5-9-18-16(17)19-11-13-7-6-8-14(10-13)22-12-15(21)20(2)3/h6-8,10H,4-5,9,11-12H2,1-3H3,(H3,17,18,19). The second-order valence-corrected chi connectivity index (χ2v) is 5.21. The van der Waals surface area contributed by atoms with E-state index in [0.717, 1.165) is 24.9 Å². The van der Waals surface area contributed by atoms with Gasteiger partial charge in [0.05, 0.1) is 6.54 Å². The van der Waals surface area contributed by atoms with E-state index < -0.39 is 0 Å². The van der Waals surface area contributed by atoms with E-state index in [1.807, 2.05) is 24.3 Å². The molecule has 0 unspecified atom stereocenters. The molecule has 0 aliphatic heterocycles. The molecule has 0 aromatic heterocycles. The van der Waals surface area contributed by atoms with Gasteiger partial charge in [0.25, 0.3) is 5.91 Å². The van der Waals surface area contributed by atoms with Gasteiger partial charge in [-0.15, -0.1) is 0 Å². The molecule has 1 rings (SSSR count). The van der Waals surface area contributed by atoms with Crippen LogP contribution in [0.5, 0.6) is 5.75 Å². The first-order chi connectivity index (χ1) is 10.5. The van der Waals surface area contributed by atoms with Gasteiger partial charge in [-0.2, -0.15) is 0 Å². The molecule has 1 aromatic rings. The lowest BCUT2D eigenvalue weighted by molar-refractivity contribution is -0.130. The topological polar surface area (TPSA) is 80.0 Å².